The first-order valence-corrected chi connectivity index (χ1v) is 5.45. The van der Waals surface area contributed by atoms with Crippen LogP contribution in [0.15, 0.2) is 18.5 Å². The molecule has 0 fully saturated rings. The highest BCUT2D eigenvalue weighted by Crippen LogP contribution is 1.99. The van der Waals surface area contributed by atoms with Crippen molar-refractivity contribution >= 4 is 11.6 Å². The second-order valence-electron chi connectivity index (χ2n) is 3.58. The fourth-order valence-electron chi connectivity index (χ4n) is 1.37. The van der Waals surface area contributed by atoms with Crippen LogP contribution in [0.3, 0.4) is 0 Å². The van der Waals surface area contributed by atoms with Gasteiger partial charge in [0.1, 0.15) is 0 Å². The highest BCUT2D eigenvalue weighted by atomic mass is 35.5. The minimum Gasteiger partial charge on any atom is -0.383 e. The van der Waals surface area contributed by atoms with Gasteiger partial charge in [-0.15, -0.1) is 11.6 Å². The third kappa shape index (κ3) is 5.16. The van der Waals surface area contributed by atoms with Crippen LogP contribution in [0.2, 0.25) is 0 Å². The van der Waals surface area contributed by atoms with E-state index in [1.165, 1.54) is 0 Å². The van der Waals surface area contributed by atoms with E-state index in [-0.39, 0.29) is 5.38 Å². The van der Waals surface area contributed by atoms with E-state index in [9.17, 15) is 0 Å². The Morgan fingerprint density at radius 1 is 1.60 bits per heavy atom. The summed E-state index contributed by atoms with van der Waals surface area (Å²) in [6.45, 7) is 3.25. The quantitative estimate of drug-likeness (QED) is 0.658. The molecule has 0 aliphatic rings. The molecule has 0 bridgehead atoms. The molecular weight excluding hydrogens is 214 g/mol. The van der Waals surface area contributed by atoms with Crippen molar-refractivity contribution in [3.8, 4) is 0 Å². The number of likely N-dealkylation sites (N-methyl/N-ethyl adjacent to an activating group) is 1. The molecule has 1 heterocycles. The third-order valence-corrected chi connectivity index (χ3v) is 2.39. The molecule has 0 N–H and O–H groups in total. The van der Waals surface area contributed by atoms with E-state index in [0.29, 0.717) is 6.61 Å². The van der Waals surface area contributed by atoms with Crippen LogP contribution in [0.5, 0.6) is 0 Å². The van der Waals surface area contributed by atoms with Gasteiger partial charge in [-0.1, -0.05) is 0 Å². The molecular formula is C10H18ClN3O. The highest BCUT2D eigenvalue weighted by Gasteiger charge is 2.07. The van der Waals surface area contributed by atoms with Gasteiger partial charge in [-0.05, 0) is 13.1 Å². The largest absolute Gasteiger partial charge is 0.383 e. The number of hydrogen-bond acceptors (Lipinski definition) is 3. The van der Waals surface area contributed by atoms with Crippen LogP contribution in [0, 0.1) is 0 Å². The van der Waals surface area contributed by atoms with Crippen molar-refractivity contribution in [3.05, 3.63) is 18.5 Å². The van der Waals surface area contributed by atoms with E-state index in [4.69, 9.17) is 16.3 Å². The number of ether oxygens (including phenoxy) is 1. The Hall–Kier alpha value is -0.580. The first kappa shape index (κ1) is 12.5. The zero-order valence-corrected chi connectivity index (χ0v) is 10.0. The van der Waals surface area contributed by atoms with Gasteiger partial charge in [0.25, 0.3) is 0 Å². The average Bonchev–Trinajstić information content (AvgIpc) is 2.67. The van der Waals surface area contributed by atoms with Crippen LogP contribution in [-0.4, -0.2) is 53.9 Å². The summed E-state index contributed by atoms with van der Waals surface area (Å²) in [5.74, 6) is 0. The lowest BCUT2D eigenvalue weighted by Crippen LogP contribution is -2.31. The molecule has 15 heavy (non-hydrogen) atoms. The predicted molar refractivity (Wildman–Crippen MR) is 61.2 cm³/mol. The van der Waals surface area contributed by atoms with Crippen LogP contribution in [0.4, 0.5) is 0 Å². The van der Waals surface area contributed by atoms with Crippen molar-refractivity contribution in [2.45, 2.75) is 11.9 Å². The van der Waals surface area contributed by atoms with E-state index in [0.717, 1.165) is 19.6 Å². The maximum Gasteiger partial charge on any atom is 0.0696 e. The Kier molecular flexibility index (Phi) is 5.68. The van der Waals surface area contributed by atoms with E-state index in [2.05, 4.69) is 17.0 Å². The van der Waals surface area contributed by atoms with Crippen molar-refractivity contribution in [2.24, 2.45) is 0 Å². The van der Waals surface area contributed by atoms with Gasteiger partial charge in [0.15, 0.2) is 0 Å². The van der Waals surface area contributed by atoms with Gasteiger partial charge in [-0.25, -0.2) is 0 Å². The number of nitrogens with zero attached hydrogens (tertiary/aromatic N) is 3. The smallest absolute Gasteiger partial charge is 0.0696 e. The first-order valence-electron chi connectivity index (χ1n) is 5.01. The minimum absolute atomic E-state index is 0.0534. The number of alkyl halides is 1. The molecule has 0 aliphatic heterocycles. The molecule has 0 amide bonds. The molecule has 4 nitrogen and oxygen atoms in total. The Morgan fingerprint density at radius 2 is 2.40 bits per heavy atom. The molecule has 5 heteroatoms. The maximum atomic E-state index is 6.05. The Balaban J connectivity index is 2.15. The lowest BCUT2D eigenvalue weighted by molar-refractivity contribution is 0.181. The molecule has 1 rings (SSSR count). The highest BCUT2D eigenvalue weighted by molar-refractivity contribution is 6.20. The van der Waals surface area contributed by atoms with E-state index >= 15 is 0 Å². The number of methoxy groups -OCH3 is 1. The zero-order chi connectivity index (χ0) is 11.1. The first-order chi connectivity index (χ1) is 7.22. The van der Waals surface area contributed by atoms with Crippen molar-refractivity contribution in [3.63, 3.8) is 0 Å². The summed E-state index contributed by atoms with van der Waals surface area (Å²) in [5.41, 5.74) is 0. The summed E-state index contributed by atoms with van der Waals surface area (Å²) in [6.07, 6.45) is 3.75. The van der Waals surface area contributed by atoms with Crippen LogP contribution >= 0.6 is 11.6 Å². The minimum atomic E-state index is 0.0534. The van der Waals surface area contributed by atoms with Crippen LogP contribution in [0.1, 0.15) is 0 Å². The van der Waals surface area contributed by atoms with Gasteiger partial charge in [0, 0.05) is 32.6 Å². The van der Waals surface area contributed by atoms with Crippen molar-refractivity contribution < 1.29 is 4.74 Å². The Bertz CT molecular complexity index is 253. The van der Waals surface area contributed by atoms with E-state index in [1.807, 2.05) is 16.9 Å². The molecule has 0 saturated carbocycles. The molecule has 86 valence electrons. The topological polar surface area (TPSA) is 30.3 Å². The van der Waals surface area contributed by atoms with Gasteiger partial charge in [-0.3, -0.25) is 4.68 Å². The lowest BCUT2D eigenvalue weighted by Gasteiger charge is -2.19. The number of halogens is 1. The summed E-state index contributed by atoms with van der Waals surface area (Å²) < 4.78 is 6.89. The predicted octanol–water partition coefficient (Wildman–Crippen LogP) is 1.07. The number of hydrogen-bond donors (Lipinski definition) is 0. The maximum absolute atomic E-state index is 6.05. The molecule has 0 spiro atoms. The van der Waals surface area contributed by atoms with Crippen LogP contribution in [0.25, 0.3) is 0 Å². The fourth-order valence-corrected chi connectivity index (χ4v) is 1.73. The second-order valence-corrected chi connectivity index (χ2v) is 4.20. The standard InChI is InChI=1S/C10H18ClN3O/c1-13(8-10(11)9-15-2)6-7-14-5-3-4-12-14/h3-5,10H,6-9H2,1-2H3. The molecule has 0 aromatic carbocycles. The van der Waals surface area contributed by atoms with Crippen LogP contribution in [-0.2, 0) is 11.3 Å². The van der Waals surface area contributed by atoms with Gasteiger partial charge >= 0.3 is 0 Å². The molecule has 0 radical (unpaired) electrons. The summed E-state index contributed by atoms with van der Waals surface area (Å²) in [4.78, 5) is 2.18. The van der Waals surface area contributed by atoms with Gasteiger partial charge in [0.05, 0.1) is 18.5 Å². The molecule has 1 aromatic heterocycles. The molecule has 1 unspecified atom stereocenters. The molecule has 0 saturated heterocycles. The summed E-state index contributed by atoms with van der Waals surface area (Å²) in [5, 5.41) is 4.19. The zero-order valence-electron chi connectivity index (χ0n) is 9.27. The Labute approximate surface area is 95.8 Å². The van der Waals surface area contributed by atoms with Gasteiger partial charge in [-0.2, -0.15) is 5.10 Å². The van der Waals surface area contributed by atoms with E-state index in [1.54, 1.807) is 13.3 Å². The van der Waals surface area contributed by atoms with Gasteiger partial charge < -0.3 is 9.64 Å². The number of aromatic nitrogens is 2. The van der Waals surface area contributed by atoms with Crippen molar-refractivity contribution in [2.75, 3.05) is 33.9 Å². The normalized spacial score (nSPS) is 13.3. The third-order valence-electron chi connectivity index (χ3n) is 2.13. The number of rotatable bonds is 7. The fraction of sp³-hybridized carbons (Fsp3) is 0.700. The van der Waals surface area contributed by atoms with Gasteiger partial charge in [0.2, 0.25) is 0 Å². The van der Waals surface area contributed by atoms with Crippen LogP contribution < -0.4 is 0 Å². The average molecular weight is 232 g/mol. The molecule has 1 aromatic rings. The van der Waals surface area contributed by atoms with Crippen molar-refractivity contribution in [1.29, 1.82) is 0 Å². The van der Waals surface area contributed by atoms with Crippen molar-refractivity contribution in [1.82, 2.24) is 14.7 Å². The summed E-state index contributed by atoms with van der Waals surface area (Å²) in [6, 6.07) is 1.93. The monoisotopic (exact) mass is 231 g/mol. The SMILES string of the molecule is COCC(Cl)CN(C)CCn1cccn1. The Morgan fingerprint density at radius 3 is 3.00 bits per heavy atom. The second kappa shape index (κ2) is 6.82. The lowest BCUT2D eigenvalue weighted by atomic mass is 10.4. The summed E-state index contributed by atoms with van der Waals surface area (Å²) in [7, 11) is 3.72. The summed E-state index contributed by atoms with van der Waals surface area (Å²) >= 11 is 6.05. The molecule has 1 atom stereocenters. The molecule has 0 aliphatic carbocycles. The van der Waals surface area contributed by atoms with E-state index < -0.39 is 0 Å².